The molecular formula is C10H17NO3S. The van der Waals surface area contributed by atoms with Gasteiger partial charge in [0.2, 0.25) is 5.91 Å². The van der Waals surface area contributed by atoms with Crippen molar-refractivity contribution >= 4 is 23.6 Å². The number of carbonyl (C=O) groups excluding carboxylic acids is 1. The first kappa shape index (κ1) is 12.4. The summed E-state index contributed by atoms with van der Waals surface area (Å²) in [4.78, 5) is 22.6. The predicted molar refractivity (Wildman–Crippen MR) is 59.9 cm³/mol. The number of hydrogen-bond donors (Lipinski definition) is 2. The largest absolute Gasteiger partial charge is 0.480 e. The molecule has 2 N–H and O–H groups in total. The fourth-order valence-corrected chi connectivity index (χ4v) is 2.17. The highest BCUT2D eigenvalue weighted by Gasteiger charge is 2.57. The van der Waals surface area contributed by atoms with Gasteiger partial charge < -0.3 is 10.4 Å². The van der Waals surface area contributed by atoms with Crippen molar-refractivity contribution in [3.8, 4) is 0 Å². The molecule has 86 valence electrons. The fraction of sp³-hybridized carbons (Fsp3) is 0.800. The number of carbonyl (C=O) groups is 2. The van der Waals surface area contributed by atoms with Crippen LogP contribution in [0.2, 0.25) is 0 Å². The summed E-state index contributed by atoms with van der Waals surface area (Å²) in [5, 5.41) is 11.7. The molecule has 0 bridgehead atoms. The van der Waals surface area contributed by atoms with Crippen LogP contribution in [0.5, 0.6) is 0 Å². The van der Waals surface area contributed by atoms with Crippen LogP contribution < -0.4 is 5.32 Å². The van der Waals surface area contributed by atoms with Crippen LogP contribution in [-0.2, 0) is 9.59 Å². The molecule has 0 spiro atoms. The number of rotatable bonds is 6. The van der Waals surface area contributed by atoms with Crippen LogP contribution in [0.4, 0.5) is 0 Å². The molecule has 1 amide bonds. The van der Waals surface area contributed by atoms with Crippen molar-refractivity contribution < 1.29 is 14.7 Å². The molecule has 5 heteroatoms. The molecule has 1 saturated carbocycles. The number of hydrogen-bond acceptors (Lipinski definition) is 3. The molecule has 1 rings (SSSR count). The Labute approximate surface area is 93.8 Å². The minimum Gasteiger partial charge on any atom is -0.480 e. The third kappa shape index (κ3) is 2.65. The SMILES string of the molecule is CCC(CSC)NC(=O)C1(C(=O)O)CC1. The van der Waals surface area contributed by atoms with E-state index in [4.69, 9.17) is 5.11 Å². The van der Waals surface area contributed by atoms with Gasteiger partial charge in [-0.2, -0.15) is 11.8 Å². The molecule has 1 fully saturated rings. The van der Waals surface area contributed by atoms with Gasteiger partial charge in [-0.15, -0.1) is 0 Å². The van der Waals surface area contributed by atoms with E-state index in [1.165, 1.54) is 0 Å². The van der Waals surface area contributed by atoms with E-state index < -0.39 is 11.4 Å². The van der Waals surface area contributed by atoms with E-state index in [0.717, 1.165) is 12.2 Å². The van der Waals surface area contributed by atoms with Crippen molar-refractivity contribution in [2.75, 3.05) is 12.0 Å². The normalized spacial score (nSPS) is 19.3. The molecule has 0 aromatic heterocycles. The Balaban J connectivity index is 2.51. The van der Waals surface area contributed by atoms with Crippen LogP contribution in [-0.4, -0.2) is 35.0 Å². The molecule has 1 atom stereocenters. The Bertz CT molecular complexity index is 263. The second kappa shape index (κ2) is 4.88. The molecular weight excluding hydrogens is 214 g/mol. The van der Waals surface area contributed by atoms with Crippen LogP contribution in [0.1, 0.15) is 26.2 Å². The average molecular weight is 231 g/mol. The third-order valence-electron chi connectivity index (χ3n) is 2.79. The van der Waals surface area contributed by atoms with Gasteiger partial charge in [-0.25, -0.2) is 0 Å². The highest BCUT2D eigenvalue weighted by Crippen LogP contribution is 2.46. The molecule has 0 radical (unpaired) electrons. The monoisotopic (exact) mass is 231 g/mol. The van der Waals surface area contributed by atoms with Crippen LogP contribution >= 0.6 is 11.8 Å². The summed E-state index contributed by atoms with van der Waals surface area (Å²) in [5.41, 5.74) is -1.11. The topological polar surface area (TPSA) is 66.4 Å². The van der Waals surface area contributed by atoms with Crippen molar-refractivity contribution in [2.45, 2.75) is 32.2 Å². The second-order valence-electron chi connectivity index (χ2n) is 3.92. The first-order valence-corrected chi connectivity index (χ1v) is 6.49. The number of amides is 1. The third-order valence-corrected chi connectivity index (χ3v) is 3.53. The summed E-state index contributed by atoms with van der Waals surface area (Å²) in [5.74, 6) is -0.465. The summed E-state index contributed by atoms with van der Waals surface area (Å²) >= 11 is 1.65. The number of thioether (sulfide) groups is 1. The number of nitrogens with one attached hydrogen (secondary N) is 1. The van der Waals surface area contributed by atoms with Crippen molar-refractivity contribution in [1.82, 2.24) is 5.32 Å². The molecule has 0 aliphatic heterocycles. The van der Waals surface area contributed by atoms with Gasteiger partial charge in [0, 0.05) is 11.8 Å². The predicted octanol–water partition coefficient (Wildman–Crippen LogP) is 1.11. The molecule has 1 aliphatic rings. The van der Waals surface area contributed by atoms with Crippen molar-refractivity contribution in [1.29, 1.82) is 0 Å². The van der Waals surface area contributed by atoms with Gasteiger partial charge in [-0.1, -0.05) is 6.92 Å². The maximum Gasteiger partial charge on any atom is 0.319 e. The Morgan fingerprint density at radius 3 is 2.47 bits per heavy atom. The minimum absolute atomic E-state index is 0.0873. The first-order valence-electron chi connectivity index (χ1n) is 5.10. The summed E-state index contributed by atoms with van der Waals surface area (Å²) in [7, 11) is 0. The van der Waals surface area contributed by atoms with Gasteiger partial charge in [0.05, 0.1) is 0 Å². The summed E-state index contributed by atoms with van der Waals surface area (Å²) < 4.78 is 0. The van der Waals surface area contributed by atoms with E-state index in [9.17, 15) is 9.59 Å². The highest BCUT2D eigenvalue weighted by molar-refractivity contribution is 7.98. The van der Waals surface area contributed by atoms with E-state index >= 15 is 0 Å². The highest BCUT2D eigenvalue weighted by atomic mass is 32.2. The lowest BCUT2D eigenvalue weighted by molar-refractivity contribution is -0.149. The van der Waals surface area contributed by atoms with E-state index in [1.54, 1.807) is 11.8 Å². The van der Waals surface area contributed by atoms with Crippen molar-refractivity contribution in [2.24, 2.45) is 5.41 Å². The molecule has 0 aromatic carbocycles. The zero-order chi connectivity index (χ0) is 11.5. The molecule has 1 unspecified atom stereocenters. The first-order chi connectivity index (χ1) is 7.06. The molecule has 0 saturated heterocycles. The molecule has 0 aromatic rings. The average Bonchev–Trinajstić information content (AvgIpc) is 2.97. The molecule has 4 nitrogen and oxygen atoms in total. The lowest BCUT2D eigenvalue weighted by atomic mass is 10.1. The molecule has 0 heterocycles. The molecule has 15 heavy (non-hydrogen) atoms. The minimum atomic E-state index is -1.11. The van der Waals surface area contributed by atoms with Crippen molar-refractivity contribution in [3.05, 3.63) is 0 Å². The zero-order valence-electron chi connectivity index (χ0n) is 9.08. The lowest BCUT2D eigenvalue weighted by Gasteiger charge is -2.18. The van der Waals surface area contributed by atoms with Gasteiger partial charge in [0.1, 0.15) is 5.41 Å². The van der Waals surface area contributed by atoms with Crippen LogP contribution in [0.3, 0.4) is 0 Å². The molecule has 1 aliphatic carbocycles. The van der Waals surface area contributed by atoms with E-state index in [-0.39, 0.29) is 11.9 Å². The Morgan fingerprint density at radius 2 is 2.13 bits per heavy atom. The van der Waals surface area contributed by atoms with Crippen molar-refractivity contribution in [3.63, 3.8) is 0 Å². The Kier molecular flexibility index (Phi) is 4.02. The van der Waals surface area contributed by atoms with Gasteiger partial charge in [-0.05, 0) is 25.5 Å². The lowest BCUT2D eigenvalue weighted by Crippen LogP contribution is -2.43. The smallest absolute Gasteiger partial charge is 0.319 e. The summed E-state index contributed by atoms with van der Waals surface area (Å²) in [6.45, 7) is 1.99. The second-order valence-corrected chi connectivity index (χ2v) is 4.83. The maximum atomic E-state index is 11.7. The van der Waals surface area contributed by atoms with E-state index in [0.29, 0.717) is 12.8 Å². The quantitative estimate of drug-likeness (QED) is 0.672. The Hall–Kier alpha value is -0.710. The van der Waals surface area contributed by atoms with Crippen LogP contribution in [0, 0.1) is 5.41 Å². The number of carboxylic acids is 1. The van der Waals surface area contributed by atoms with Gasteiger partial charge >= 0.3 is 5.97 Å². The zero-order valence-corrected chi connectivity index (χ0v) is 9.89. The standard InChI is InChI=1S/C10H17NO3S/c1-3-7(6-15-2)11-8(12)10(4-5-10)9(13)14/h7H,3-6H2,1-2H3,(H,11,12)(H,13,14). The fourth-order valence-electron chi connectivity index (χ4n) is 1.45. The van der Waals surface area contributed by atoms with E-state index in [1.807, 2.05) is 13.2 Å². The number of aliphatic carboxylic acids is 1. The van der Waals surface area contributed by atoms with Crippen LogP contribution in [0.15, 0.2) is 0 Å². The number of carboxylic acid groups (broad SMARTS) is 1. The Morgan fingerprint density at radius 1 is 1.53 bits per heavy atom. The van der Waals surface area contributed by atoms with Crippen LogP contribution in [0.25, 0.3) is 0 Å². The van der Waals surface area contributed by atoms with E-state index in [2.05, 4.69) is 5.32 Å². The summed E-state index contributed by atoms with van der Waals surface area (Å²) in [6.07, 6.45) is 3.76. The van der Waals surface area contributed by atoms with Gasteiger partial charge in [-0.3, -0.25) is 9.59 Å². The maximum absolute atomic E-state index is 11.7. The van der Waals surface area contributed by atoms with Gasteiger partial charge in [0.15, 0.2) is 0 Å². The summed E-state index contributed by atoms with van der Waals surface area (Å²) in [6, 6.07) is 0.0873. The van der Waals surface area contributed by atoms with Gasteiger partial charge in [0.25, 0.3) is 0 Å².